The lowest BCUT2D eigenvalue weighted by molar-refractivity contribution is 0.0223. The molecular weight excluding hydrogens is 875 g/mol. The van der Waals surface area contributed by atoms with Gasteiger partial charge in [0.25, 0.3) is 0 Å². The standard InChI is InChI=1S/C18H22FN3O4S.C9H5BrFNO2S.C9H18N2O2.4CH4/c1-18(2,3)26-17(24)22-7-5-21(6-8-22)16-20-14-12(19)9-11(15(23)25-4)10-13(14)27-16;1-14-8(13)4-2-5(11)7-6(3-4)15-9(10)12-7;1-9(2,3)13-8(12)11-6-4-10-5-7-11;;;;/h9-10H,5-8H2,1-4H3;2-3H,1H3;10H,4-7H2,1-3H3;4*1H4. The smallest absolute Gasteiger partial charge is 0.410 e. The number of rotatable bonds is 3. The van der Waals surface area contributed by atoms with Crippen LogP contribution in [0, 0.1) is 11.6 Å². The van der Waals surface area contributed by atoms with Crippen LogP contribution in [0.4, 0.5) is 23.5 Å². The summed E-state index contributed by atoms with van der Waals surface area (Å²) in [6, 6.07) is 5.41. The van der Waals surface area contributed by atoms with Crippen LogP contribution in [0.25, 0.3) is 20.4 Å². The molecule has 0 unspecified atom stereocenters. The molecule has 4 heterocycles. The molecule has 2 aromatic heterocycles. The topological polar surface area (TPSA) is 153 Å². The molecule has 0 aliphatic carbocycles. The van der Waals surface area contributed by atoms with E-state index in [1.807, 2.05) is 46.4 Å². The number of amides is 2. The number of hydrogen-bond acceptors (Lipinski definition) is 14. The highest BCUT2D eigenvalue weighted by molar-refractivity contribution is 9.11. The summed E-state index contributed by atoms with van der Waals surface area (Å²) >= 11 is 5.74. The van der Waals surface area contributed by atoms with Gasteiger partial charge >= 0.3 is 24.1 Å². The lowest BCUT2D eigenvalue weighted by atomic mass is 10.2. The average molecular weight is 936 g/mol. The third kappa shape index (κ3) is 15.7. The number of thiazole rings is 2. The van der Waals surface area contributed by atoms with Crippen LogP contribution in [0.3, 0.4) is 0 Å². The van der Waals surface area contributed by atoms with Crippen LogP contribution in [-0.4, -0.2) is 122 Å². The van der Waals surface area contributed by atoms with E-state index in [-0.39, 0.29) is 69.7 Å². The van der Waals surface area contributed by atoms with Crippen molar-refractivity contribution in [2.45, 2.75) is 82.5 Å². The van der Waals surface area contributed by atoms with Gasteiger partial charge in [-0.2, -0.15) is 0 Å². The van der Waals surface area contributed by atoms with Crippen LogP contribution < -0.4 is 10.2 Å². The van der Waals surface area contributed by atoms with E-state index < -0.39 is 29.2 Å². The first-order chi connectivity index (χ1) is 25.8. The lowest BCUT2D eigenvalue weighted by Crippen LogP contribution is -2.50. The number of halogens is 3. The van der Waals surface area contributed by atoms with Crippen LogP contribution in [0.15, 0.2) is 28.2 Å². The van der Waals surface area contributed by atoms with Crippen LogP contribution >= 0.6 is 38.6 Å². The van der Waals surface area contributed by atoms with Gasteiger partial charge in [0.2, 0.25) is 0 Å². The van der Waals surface area contributed by atoms with Gasteiger partial charge in [-0.1, -0.05) is 41.0 Å². The normalized spacial score (nSPS) is 13.7. The van der Waals surface area contributed by atoms with Gasteiger partial charge < -0.3 is 39.0 Å². The number of methoxy groups -OCH3 is 2. The fourth-order valence-electron chi connectivity index (χ4n) is 5.13. The molecule has 2 saturated heterocycles. The maximum absolute atomic E-state index is 14.3. The molecule has 2 fully saturated rings. The van der Waals surface area contributed by atoms with E-state index in [0.29, 0.717) is 44.6 Å². The summed E-state index contributed by atoms with van der Waals surface area (Å²) in [5.41, 5.74) is -0.0687. The summed E-state index contributed by atoms with van der Waals surface area (Å²) in [5.74, 6) is -2.21. The average Bonchev–Trinajstić information content (AvgIpc) is 3.74. The Morgan fingerprint density at radius 1 is 0.661 bits per heavy atom. The molecule has 332 valence electrons. The van der Waals surface area contributed by atoms with E-state index in [1.54, 1.807) is 21.9 Å². The van der Waals surface area contributed by atoms with Crippen molar-refractivity contribution in [1.29, 1.82) is 0 Å². The van der Waals surface area contributed by atoms with E-state index in [1.165, 1.54) is 36.9 Å². The van der Waals surface area contributed by atoms with E-state index in [0.717, 1.165) is 38.3 Å². The minimum Gasteiger partial charge on any atom is -0.465 e. The number of nitrogens with one attached hydrogen (secondary N) is 1. The Hall–Kier alpha value is -4.20. The summed E-state index contributed by atoms with van der Waals surface area (Å²) in [6.07, 6.45) is -0.533. The van der Waals surface area contributed by atoms with Gasteiger partial charge in [-0.15, -0.1) is 11.3 Å². The maximum atomic E-state index is 14.3. The number of nitrogens with zero attached hydrogens (tertiary/aromatic N) is 5. The third-order valence-electron chi connectivity index (χ3n) is 7.67. The molecule has 14 nitrogen and oxygen atoms in total. The predicted molar refractivity (Wildman–Crippen MR) is 237 cm³/mol. The SMILES string of the molecule is C.C.C.C.CC(C)(C)OC(=O)N1CCNCC1.COC(=O)c1cc(F)c2nc(Br)sc2c1.COC(=O)c1cc(F)c2nc(N3CCN(C(=O)OC(C)(C)C)CC3)sc2c1. The Balaban J connectivity index is 0.000000900. The minimum atomic E-state index is -0.586. The van der Waals surface area contributed by atoms with Crippen LogP contribution in [0.5, 0.6) is 0 Å². The van der Waals surface area contributed by atoms with Crippen molar-refractivity contribution >= 4 is 88.3 Å². The summed E-state index contributed by atoms with van der Waals surface area (Å²) in [7, 11) is 2.51. The number of esters is 2. The zero-order valence-electron chi connectivity index (χ0n) is 31.9. The fourth-order valence-corrected chi connectivity index (χ4v) is 7.64. The molecule has 6 rings (SSSR count). The second kappa shape index (κ2) is 23.6. The van der Waals surface area contributed by atoms with Gasteiger partial charge in [0.05, 0.1) is 34.7 Å². The molecule has 2 amide bonds. The molecule has 0 saturated carbocycles. The van der Waals surface area contributed by atoms with Crippen molar-refractivity contribution in [3.8, 4) is 0 Å². The van der Waals surface area contributed by atoms with E-state index in [4.69, 9.17) is 9.47 Å². The number of anilines is 1. The van der Waals surface area contributed by atoms with Gasteiger partial charge in [-0.3, -0.25) is 0 Å². The summed E-state index contributed by atoms with van der Waals surface area (Å²) < 4.78 is 49.3. The largest absolute Gasteiger partial charge is 0.465 e. The third-order valence-corrected chi connectivity index (χ3v) is 10.2. The second-order valence-corrected chi connectivity index (χ2v) is 17.5. The Morgan fingerprint density at radius 2 is 1.07 bits per heavy atom. The van der Waals surface area contributed by atoms with Crippen molar-refractivity contribution in [3.63, 3.8) is 0 Å². The number of fused-ring (bicyclic) bond motifs is 2. The van der Waals surface area contributed by atoms with Gasteiger partial charge in [0.15, 0.2) is 20.7 Å². The first-order valence-electron chi connectivity index (χ1n) is 17.2. The Morgan fingerprint density at radius 3 is 1.49 bits per heavy atom. The number of hydrogen-bond donors (Lipinski definition) is 1. The first-order valence-corrected chi connectivity index (χ1v) is 19.6. The monoisotopic (exact) mass is 934 g/mol. The Bertz CT molecular complexity index is 2000. The van der Waals surface area contributed by atoms with Crippen molar-refractivity contribution in [1.82, 2.24) is 25.1 Å². The van der Waals surface area contributed by atoms with E-state index >= 15 is 0 Å². The highest BCUT2D eigenvalue weighted by atomic mass is 79.9. The molecule has 0 radical (unpaired) electrons. The molecule has 59 heavy (non-hydrogen) atoms. The van der Waals surface area contributed by atoms with Crippen molar-refractivity contribution in [2.75, 3.05) is 71.5 Å². The molecule has 0 bridgehead atoms. The number of benzene rings is 2. The molecular formula is C40H61BrF2N6O8S2. The lowest BCUT2D eigenvalue weighted by Gasteiger charge is -2.35. The zero-order valence-corrected chi connectivity index (χ0v) is 35.1. The summed E-state index contributed by atoms with van der Waals surface area (Å²) in [5, 5.41) is 3.84. The fraction of sp³-hybridized carbons (Fsp3) is 0.550. The maximum Gasteiger partial charge on any atom is 0.410 e. The number of carbonyl (C=O) groups is 4. The number of carbonyl (C=O) groups excluding carboxylic acids is 4. The molecule has 0 spiro atoms. The second-order valence-electron chi connectivity index (χ2n) is 14.2. The zero-order chi connectivity index (χ0) is 40.7. The minimum absolute atomic E-state index is 0. The van der Waals surface area contributed by atoms with Crippen LogP contribution in [-0.2, 0) is 18.9 Å². The quantitative estimate of drug-likeness (QED) is 0.154. The Labute approximate surface area is 363 Å². The van der Waals surface area contributed by atoms with E-state index in [9.17, 15) is 28.0 Å². The molecule has 19 heteroatoms. The highest BCUT2D eigenvalue weighted by Gasteiger charge is 2.28. The Kier molecular flexibility index (Phi) is 21.9. The number of ether oxygens (including phenoxy) is 4. The van der Waals surface area contributed by atoms with Crippen molar-refractivity contribution < 1.29 is 46.9 Å². The van der Waals surface area contributed by atoms with Gasteiger partial charge in [-0.05, 0) is 81.7 Å². The molecule has 2 aliphatic rings. The van der Waals surface area contributed by atoms with Gasteiger partial charge in [-0.25, -0.2) is 37.9 Å². The highest BCUT2D eigenvalue weighted by Crippen LogP contribution is 2.32. The van der Waals surface area contributed by atoms with Gasteiger partial charge in [0, 0.05) is 52.4 Å². The molecule has 2 aliphatic heterocycles. The van der Waals surface area contributed by atoms with Crippen molar-refractivity contribution in [3.05, 3.63) is 50.9 Å². The van der Waals surface area contributed by atoms with Crippen molar-refractivity contribution in [2.24, 2.45) is 0 Å². The van der Waals surface area contributed by atoms with Crippen LogP contribution in [0.1, 0.15) is 92.0 Å². The molecule has 4 aromatic rings. The molecule has 2 aromatic carbocycles. The number of aromatic nitrogens is 2. The van der Waals surface area contributed by atoms with Crippen LogP contribution in [0.2, 0.25) is 0 Å². The molecule has 1 N–H and O–H groups in total. The first kappa shape index (κ1) is 54.8. The summed E-state index contributed by atoms with van der Waals surface area (Å²) in [6.45, 7) is 16.5. The van der Waals surface area contributed by atoms with Gasteiger partial charge in [0.1, 0.15) is 22.2 Å². The number of piperazine rings is 2. The van der Waals surface area contributed by atoms with E-state index in [2.05, 4.69) is 40.7 Å². The molecule has 0 atom stereocenters. The predicted octanol–water partition coefficient (Wildman–Crippen LogP) is 9.63. The summed E-state index contributed by atoms with van der Waals surface area (Å²) in [4.78, 5) is 60.2.